The third-order valence-corrected chi connectivity index (χ3v) is 2.67. The van der Waals surface area contributed by atoms with Crippen molar-refractivity contribution in [3.63, 3.8) is 0 Å². The molecule has 0 saturated heterocycles. The quantitative estimate of drug-likeness (QED) is 0.322. The van der Waals surface area contributed by atoms with E-state index >= 15 is 0 Å². The van der Waals surface area contributed by atoms with Gasteiger partial charge in [0, 0.05) is 13.1 Å². The van der Waals surface area contributed by atoms with Crippen LogP contribution in [0.15, 0.2) is 0 Å². The monoisotopic (exact) mass is 320 g/mol. The third-order valence-electron chi connectivity index (χ3n) is 2.67. The molecule has 4 N–H and O–H groups in total. The first-order chi connectivity index (χ1) is 10.2. The molecule has 0 aromatic heterocycles. The lowest BCUT2D eigenvalue weighted by Gasteiger charge is -2.22. The van der Waals surface area contributed by atoms with Gasteiger partial charge in [0.2, 0.25) is 0 Å². The molecule has 0 saturated carbocycles. The van der Waals surface area contributed by atoms with Crippen LogP contribution in [0.25, 0.3) is 0 Å². The lowest BCUT2D eigenvalue weighted by molar-refractivity contribution is -0.142. The van der Waals surface area contributed by atoms with E-state index in [2.05, 4.69) is 0 Å². The molecule has 10 nitrogen and oxygen atoms in total. The Kier molecular flexibility index (Phi) is 9.46. The fraction of sp³-hybridized carbons (Fsp3) is 0.667. The zero-order chi connectivity index (χ0) is 17.1. The van der Waals surface area contributed by atoms with E-state index in [1.54, 1.807) is 0 Å². The van der Waals surface area contributed by atoms with Crippen molar-refractivity contribution in [2.75, 3.05) is 39.3 Å². The van der Waals surface area contributed by atoms with E-state index in [0.29, 0.717) is 6.42 Å². The average Bonchev–Trinajstić information content (AvgIpc) is 2.33. The van der Waals surface area contributed by atoms with Crippen molar-refractivity contribution in [2.45, 2.75) is 12.8 Å². The van der Waals surface area contributed by atoms with Gasteiger partial charge in [-0.3, -0.25) is 29.0 Å². The average molecular weight is 320 g/mol. The van der Waals surface area contributed by atoms with Crippen molar-refractivity contribution in [1.29, 1.82) is 0 Å². The standard InChI is InChI=1S/C12H20N2O8/c15-9(16)2-5-13(6-10(17)18)3-1-4-14(7-11(19)20)8-12(21)22/h1-8H2,(H,15,16)(H,17,18)(H,19,20)(H,21,22). The molecule has 0 heterocycles. The van der Waals surface area contributed by atoms with Crippen molar-refractivity contribution >= 4 is 23.9 Å². The van der Waals surface area contributed by atoms with Crippen LogP contribution in [0.1, 0.15) is 12.8 Å². The molecule has 0 aliphatic carbocycles. The van der Waals surface area contributed by atoms with Crippen LogP contribution >= 0.6 is 0 Å². The SMILES string of the molecule is O=C(O)CCN(CCCN(CC(=O)O)CC(=O)O)CC(=O)O. The minimum Gasteiger partial charge on any atom is -0.481 e. The molecule has 0 atom stereocenters. The van der Waals surface area contributed by atoms with E-state index in [-0.39, 0.29) is 32.6 Å². The number of nitrogens with zero attached hydrogens (tertiary/aromatic N) is 2. The summed E-state index contributed by atoms with van der Waals surface area (Å²) in [5.74, 6) is -4.46. The van der Waals surface area contributed by atoms with E-state index in [4.69, 9.17) is 20.4 Å². The zero-order valence-electron chi connectivity index (χ0n) is 12.0. The summed E-state index contributed by atoms with van der Waals surface area (Å²) >= 11 is 0. The van der Waals surface area contributed by atoms with Gasteiger partial charge in [0.1, 0.15) is 0 Å². The topological polar surface area (TPSA) is 156 Å². The minimum absolute atomic E-state index is 0.0551. The first kappa shape index (κ1) is 19.8. The van der Waals surface area contributed by atoms with E-state index in [0.717, 1.165) is 0 Å². The van der Waals surface area contributed by atoms with Gasteiger partial charge in [0.05, 0.1) is 26.1 Å². The molecule has 0 rings (SSSR count). The number of hydrogen-bond donors (Lipinski definition) is 4. The van der Waals surface area contributed by atoms with Crippen molar-refractivity contribution in [1.82, 2.24) is 9.80 Å². The van der Waals surface area contributed by atoms with Crippen molar-refractivity contribution in [3.8, 4) is 0 Å². The van der Waals surface area contributed by atoms with Gasteiger partial charge in [-0.2, -0.15) is 0 Å². The second kappa shape index (κ2) is 10.5. The Balaban J connectivity index is 4.34. The lowest BCUT2D eigenvalue weighted by Crippen LogP contribution is -2.38. The fourth-order valence-corrected chi connectivity index (χ4v) is 1.83. The van der Waals surface area contributed by atoms with Crippen molar-refractivity contribution in [2.24, 2.45) is 0 Å². The Morgan fingerprint density at radius 3 is 1.41 bits per heavy atom. The largest absolute Gasteiger partial charge is 0.481 e. The number of carboxylic acids is 4. The van der Waals surface area contributed by atoms with Gasteiger partial charge in [0.25, 0.3) is 0 Å². The van der Waals surface area contributed by atoms with Gasteiger partial charge in [-0.15, -0.1) is 0 Å². The van der Waals surface area contributed by atoms with E-state index in [1.165, 1.54) is 9.80 Å². The molecule has 0 amide bonds. The van der Waals surface area contributed by atoms with Gasteiger partial charge < -0.3 is 20.4 Å². The first-order valence-corrected chi connectivity index (χ1v) is 6.52. The highest BCUT2D eigenvalue weighted by Crippen LogP contribution is 1.98. The summed E-state index contributed by atoms with van der Waals surface area (Å²) in [5.41, 5.74) is 0. The maximum atomic E-state index is 10.7. The molecule has 0 spiro atoms. The van der Waals surface area contributed by atoms with Gasteiger partial charge >= 0.3 is 23.9 Å². The highest BCUT2D eigenvalue weighted by molar-refractivity contribution is 5.72. The second-order valence-corrected chi connectivity index (χ2v) is 4.67. The van der Waals surface area contributed by atoms with Gasteiger partial charge in [-0.1, -0.05) is 0 Å². The first-order valence-electron chi connectivity index (χ1n) is 6.52. The molecule has 0 aromatic rings. The molecular formula is C12H20N2O8. The fourth-order valence-electron chi connectivity index (χ4n) is 1.83. The smallest absolute Gasteiger partial charge is 0.317 e. The Morgan fingerprint density at radius 2 is 1.00 bits per heavy atom. The molecule has 0 radical (unpaired) electrons. The lowest BCUT2D eigenvalue weighted by atomic mass is 10.3. The van der Waals surface area contributed by atoms with Crippen molar-refractivity contribution in [3.05, 3.63) is 0 Å². The highest BCUT2D eigenvalue weighted by atomic mass is 16.4. The molecule has 0 bridgehead atoms. The molecule has 0 aliphatic heterocycles. The summed E-state index contributed by atoms with van der Waals surface area (Å²) < 4.78 is 0. The summed E-state index contributed by atoms with van der Waals surface area (Å²) in [5, 5.41) is 34.7. The van der Waals surface area contributed by atoms with Crippen LogP contribution < -0.4 is 0 Å². The number of carbonyl (C=O) groups is 4. The summed E-state index contributed by atoms with van der Waals surface area (Å²) in [6.07, 6.45) is 0.120. The third kappa shape index (κ3) is 11.6. The predicted octanol–water partition coefficient (Wildman–Crippen LogP) is -1.29. The van der Waals surface area contributed by atoms with E-state index in [1.807, 2.05) is 0 Å². The summed E-state index contributed by atoms with van der Waals surface area (Å²) in [6, 6.07) is 0. The molecule has 10 heteroatoms. The normalized spacial score (nSPS) is 10.8. The summed E-state index contributed by atoms with van der Waals surface area (Å²) in [4.78, 5) is 45.1. The van der Waals surface area contributed by atoms with Gasteiger partial charge in [-0.05, 0) is 13.0 Å². The molecule has 126 valence electrons. The van der Waals surface area contributed by atoms with Gasteiger partial charge in [0.15, 0.2) is 0 Å². The number of carboxylic acid groups (broad SMARTS) is 4. The highest BCUT2D eigenvalue weighted by Gasteiger charge is 2.15. The predicted molar refractivity (Wildman–Crippen MR) is 72.7 cm³/mol. The number of aliphatic carboxylic acids is 4. The second-order valence-electron chi connectivity index (χ2n) is 4.67. The Labute approximate surface area is 126 Å². The van der Waals surface area contributed by atoms with Crippen molar-refractivity contribution < 1.29 is 39.6 Å². The van der Waals surface area contributed by atoms with Crippen LogP contribution in [0, 0.1) is 0 Å². The molecule has 22 heavy (non-hydrogen) atoms. The Morgan fingerprint density at radius 1 is 0.591 bits per heavy atom. The van der Waals surface area contributed by atoms with Gasteiger partial charge in [-0.25, -0.2) is 0 Å². The van der Waals surface area contributed by atoms with Crippen LogP contribution in [0.2, 0.25) is 0 Å². The summed E-state index contributed by atoms with van der Waals surface area (Å²) in [7, 11) is 0. The molecule has 0 aromatic carbocycles. The van der Waals surface area contributed by atoms with Crippen LogP contribution in [0.4, 0.5) is 0 Å². The summed E-state index contributed by atoms with van der Waals surface area (Å²) in [6.45, 7) is -0.748. The molecular weight excluding hydrogens is 300 g/mol. The van der Waals surface area contributed by atoms with Crippen LogP contribution in [0.5, 0.6) is 0 Å². The molecule has 0 aliphatic rings. The zero-order valence-corrected chi connectivity index (χ0v) is 12.0. The van der Waals surface area contributed by atoms with Crippen LogP contribution in [-0.2, 0) is 19.2 Å². The van der Waals surface area contributed by atoms with E-state index in [9.17, 15) is 19.2 Å². The minimum atomic E-state index is -1.16. The molecule has 0 unspecified atom stereocenters. The maximum Gasteiger partial charge on any atom is 0.317 e. The van der Waals surface area contributed by atoms with E-state index < -0.39 is 37.0 Å². The Bertz CT molecular complexity index is 396. The molecule has 0 fully saturated rings. The Hall–Kier alpha value is -2.20. The van der Waals surface area contributed by atoms with Crippen LogP contribution in [0.3, 0.4) is 0 Å². The maximum absolute atomic E-state index is 10.7. The van der Waals surface area contributed by atoms with Crippen LogP contribution in [-0.4, -0.2) is 93.4 Å². The number of rotatable bonds is 13. The number of hydrogen-bond acceptors (Lipinski definition) is 6.